The topological polar surface area (TPSA) is 91.8 Å². The molecule has 1 spiro atoms. The number of nitrogens with zero attached hydrogens (tertiary/aromatic N) is 3. The van der Waals surface area contributed by atoms with Crippen LogP contribution in [0, 0.1) is 28.6 Å². The number of rotatable bonds is 6. The Morgan fingerprint density at radius 2 is 1.89 bits per heavy atom. The molecule has 2 aliphatic heterocycles. The predicted molar refractivity (Wildman–Crippen MR) is 135 cm³/mol. The van der Waals surface area contributed by atoms with Crippen LogP contribution in [0.15, 0.2) is 23.2 Å². The van der Waals surface area contributed by atoms with E-state index in [2.05, 4.69) is 15.2 Å². The number of sulfonamides is 1. The smallest absolute Gasteiger partial charge is 0.244 e. The van der Waals surface area contributed by atoms with Gasteiger partial charge in [0.05, 0.1) is 18.6 Å². The predicted octanol–water partition coefficient (Wildman–Crippen LogP) is 2.79. The first-order valence-electron chi connectivity index (χ1n) is 14.0. The van der Waals surface area contributed by atoms with Crippen LogP contribution in [-0.2, 0) is 19.6 Å². The highest BCUT2D eigenvalue weighted by atomic mass is 32.2. The van der Waals surface area contributed by atoms with Crippen LogP contribution in [0.4, 0.5) is 5.82 Å². The maximum atomic E-state index is 13.7. The van der Waals surface area contributed by atoms with Gasteiger partial charge in [0.15, 0.2) is 0 Å². The van der Waals surface area contributed by atoms with E-state index in [9.17, 15) is 13.2 Å². The average Bonchev–Trinajstić information content (AvgIpc) is 3.22. The highest BCUT2D eigenvalue weighted by molar-refractivity contribution is 7.89. The van der Waals surface area contributed by atoms with Crippen molar-refractivity contribution in [3.63, 3.8) is 0 Å². The third kappa shape index (κ3) is 3.34. The number of anilines is 1. The van der Waals surface area contributed by atoms with Gasteiger partial charge in [-0.15, -0.1) is 0 Å². The van der Waals surface area contributed by atoms with Crippen LogP contribution in [0.25, 0.3) is 0 Å². The standard InChI is InChI=1S/C27H38N4O4S/c32-25(27-15-20-11-19-12-21(16-27)26(27,13-19)14-20)29-17-22-3-1-2-6-31(22)36(33,34)23-4-5-24(28-18-23)30-7-9-35-10-8-30/h4-5,18-22H,1-3,6-17H2,(H,29,32)/t19-,20?,21+,22?,26?,27?/m0/s1. The lowest BCUT2D eigenvalue weighted by molar-refractivity contribution is -0.161. The number of pyridine rings is 1. The number of amides is 1. The lowest BCUT2D eigenvalue weighted by Crippen LogP contribution is -2.61. The number of ether oxygens (including phenoxy) is 1. The minimum Gasteiger partial charge on any atom is -0.378 e. The molecule has 6 atom stereocenters. The first kappa shape index (κ1) is 23.4. The molecule has 4 aliphatic carbocycles. The lowest BCUT2D eigenvalue weighted by atomic mass is 9.46. The van der Waals surface area contributed by atoms with E-state index in [4.69, 9.17) is 4.74 Å². The minimum atomic E-state index is -3.68. The Bertz CT molecular complexity index is 1130. The summed E-state index contributed by atoms with van der Waals surface area (Å²) >= 11 is 0. The quantitative estimate of drug-likeness (QED) is 0.628. The van der Waals surface area contributed by atoms with Crippen molar-refractivity contribution >= 4 is 21.7 Å². The third-order valence-corrected chi connectivity index (χ3v) is 12.7. The number of nitrogens with one attached hydrogen (secondary N) is 1. The molecule has 36 heavy (non-hydrogen) atoms. The van der Waals surface area contributed by atoms with Gasteiger partial charge in [-0.05, 0) is 86.7 Å². The second-order valence-electron chi connectivity index (χ2n) is 12.4. The van der Waals surface area contributed by atoms with Gasteiger partial charge in [0.2, 0.25) is 15.9 Å². The van der Waals surface area contributed by atoms with E-state index in [0.717, 1.165) is 68.8 Å². The second-order valence-corrected chi connectivity index (χ2v) is 14.3. The second kappa shape index (κ2) is 8.40. The van der Waals surface area contributed by atoms with Crippen LogP contribution in [0.5, 0.6) is 0 Å². The van der Waals surface area contributed by atoms with Crippen LogP contribution in [0.1, 0.15) is 57.8 Å². The van der Waals surface area contributed by atoms with E-state index in [1.165, 1.54) is 31.9 Å². The van der Waals surface area contributed by atoms with Crippen molar-refractivity contribution in [1.82, 2.24) is 14.6 Å². The zero-order valence-corrected chi connectivity index (χ0v) is 21.8. The van der Waals surface area contributed by atoms with Gasteiger partial charge in [0.1, 0.15) is 10.7 Å². The van der Waals surface area contributed by atoms with Crippen molar-refractivity contribution in [3.8, 4) is 0 Å². The Hall–Kier alpha value is -1.71. The molecule has 1 amide bonds. The number of hydrogen-bond acceptors (Lipinski definition) is 6. The Morgan fingerprint density at radius 3 is 2.69 bits per heavy atom. The summed E-state index contributed by atoms with van der Waals surface area (Å²) in [6, 6.07) is 3.28. The van der Waals surface area contributed by atoms with Gasteiger partial charge >= 0.3 is 0 Å². The molecular formula is C27H38N4O4S. The zero-order valence-electron chi connectivity index (χ0n) is 21.0. The fourth-order valence-electron chi connectivity index (χ4n) is 9.31. The minimum absolute atomic E-state index is 0.175. The van der Waals surface area contributed by atoms with Crippen LogP contribution < -0.4 is 10.2 Å². The summed E-state index contributed by atoms with van der Waals surface area (Å²) in [5.41, 5.74) is 0.0854. The Kier molecular flexibility index (Phi) is 5.46. The molecule has 8 nitrogen and oxygen atoms in total. The van der Waals surface area contributed by atoms with Crippen molar-refractivity contribution in [2.24, 2.45) is 28.6 Å². The van der Waals surface area contributed by atoms with Gasteiger partial charge in [-0.3, -0.25) is 4.79 Å². The average molecular weight is 515 g/mol. The summed E-state index contributed by atoms with van der Waals surface area (Å²) in [6.07, 6.45) is 11.4. The van der Waals surface area contributed by atoms with Crippen molar-refractivity contribution in [2.45, 2.75) is 68.7 Å². The first-order chi connectivity index (χ1) is 17.4. The van der Waals surface area contributed by atoms with Gasteiger partial charge < -0.3 is 15.0 Å². The summed E-state index contributed by atoms with van der Waals surface area (Å²) < 4.78 is 34.3. The van der Waals surface area contributed by atoms with Crippen molar-refractivity contribution in [1.29, 1.82) is 0 Å². The lowest BCUT2D eigenvalue weighted by Gasteiger charge is -2.57. The van der Waals surface area contributed by atoms with Gasteiger partial charge in [-0.25, -0.2) is 13.4 Å². The van der Waals surface area contributed by atoms with Crippen LogP contribution >= 0.6 is 0 Å². The molecule has 0 aromatic carbocycles. The van der Waals surface area contributed by atoms with E-state index in [-0.39, 0.29) is 27.7 Å². The summed E-state index contributed by atoms with van der Waals surface area (Å²) in [7, 11) is -3.68. The molecule has 4 unspecified atom stereocenters. The molecule has 2 saturated heterocycles. The molecule has 4 saturated carbocycles. The number of piperidine rings is 1. The van der Waals surface area contributed by atoms with Crippen LogP contribution in [-0.4, -0.2) is 69.0 Å². The monoisotopic (exact) mass is 514 g/mol. The fraction of sp³-hybridized carbons (Fsp3) is 0.778. The molecule has 1 aromatic heterocycles. The first-order valence-corrected chi connectivity index (χ1v) is 15.4. The van der Waals surface area contributed by atoms with E-state index >= 15 is 0 Å². The number of fused-ring (bicyclic) bond motifs is 2. The molecule has 1 N–H and O–H groups in total. The molecule has 3 heterocycles. The summed E-state index contributed by atoms with van der Waals surface area (Å²) in [6.45, 7) is 3.75. The van der Waals surface area contributed by atoms with Crippen molar-refractivity contribution < 1.29 is 17.9 Å². The fourth-order valence-corrected chi connectivity index (χ4v) is 10.9. The highest BCUT2D eigenvalue weighted by Crippen LogP contribution is 2.81. The Balaban J connectivity index is 1.05. The number of carbonyl (C=O) groups is 1. The van der Waals surface area contributed by atoms with Gasteiger partial charge in [-0.1, -0.05) is 6.42 Å². The summed E-state index contributed by atoms with van der Waals surface area (Å²) in [5, 5.41) is 3.29. The van der Waals surface area contributed by atoms with E-state index in [0.29, 0.717) is 26.3 Å². The van der Waals surface area contributed by atoms with Crippen molar-refractivity contribution in [3.05, 3.63) is 18.3 Å². The van der Waals surface area contributed by atoms with Crippen LogP contribution in [0.2, 0.25) is 0 Å². The number of morpholine rings is 1. The van der Waals surface area contributed by atoms with Crippen molar-refractivity contribution in [2.75, 3.05) is 44.3 Å². The molecule has 6 aliphatic rings. The number of aromatic nitrogens is 1. The molecule has 3 bridgehead atoms. The zero-order chi connectivity index (χ0) is 24.5. The maximum Gasteiger partial charge on any atom is 0.244 e. The maximum absolute atomic E-state index is 13.7. The molecular weight excluding hydrogens is 476 g/mol. The van der Waals surface area contributed by atoms with E-state index < -0.39 is 10.0 Å². The van der Waals surface area contributed by atoms with E-state index in [1.807, 2.05) is 0 Å². The Morgan fingerprint density at radius 1 is 1.06 bits per heavy atom. The van der Waals surface area contributed by atoms with Crippen LogP contribution in [0.3, 0.4) is 0 Å². The van der Waals surface area contributed by atoms with Gasteiger partial charge in [-0.2, -0.15) is 4.31 Å². The molecule has 7 rings (SSSR count). The van der Waals surface area contributed by atoms with E-state index in [1.54, 1.807) is 16.4 Å². The highest BCUT2D eigenvalue weighted by Gasteiger charge is 2.76. The summed E-state index contributed by atoms with van der Waals surface area (Å²) in [5.74, 6) is 3.31. The molecule has 6 fully saturated rings. The summed E-state index contributed by atoms with van der Waals surface area (Å²) in [4.78, 5) is 20.5. The third-order valence-electron chi connectivity index (χ3n) is 10.7. The molecule has 196 valence electrons. The largest absolute Gasteiger partial charge is 0.378 e. The number of carbonyl (C=O) groups excluding carboxylic acids is 1. The molecule has 9 heteroatoms. The normalized spacial score (nSPS) is 39.6. The molecule has 1 aromatic rings. The van der Waals surface area contributed by atoms with Gasteiger partial charge in [0.25, 0.3) is 0 Å². The SMILES string of the molecule is O=C(NCC1CCCCN1S(=O)(=O)c1ccc(N2CCOCC2)nc1)C12CC3C[C@H]4C[C@H](C1)C2(C3)C4. The molecule has 0 radical (unpaired) electrons. The van der Waals surface area contributed by atoms with Gasteiger partial charge in [0, 0.05) is 38.4 Å². The Labute approximate surface area is 214 Å². The number of hydrogen-bond donors (Lipinski definition) is 1.